The lowest BCUT2D eigenvalue weighted by Gasteiger charge is -2.25. The Balaban J connectivity index is 0. The van der Waals surface area contributed by atoms with Gasteiger partial charge in [-0.15, -0.1) is 0 Å². The van der Waals surface area contributed by atoms with Crippen LogP contribution in [0.3, 0.4) is 0 Å². The molecule has 0 radical (unpaired) electrons. The molecule has 0 atom stereocenters. The monoisotopic (exact) mass is 219 g/mol. The summed E-state index contributed by atoms with van der Waals surface area (Å²) < 4.78 is 5.18. The molecule has 0 aromatic heterocycles. The fourth-order valence-corrected chi connectivity index (χ4v) is 1.12. The summed E-state index contributed by atoms with van der Waals surface area (Å²) in [7, 11) is 0. The van der Waals surface area contributed by atoms with Crippen LogP contribution in [-0.2, 0) is 4.74 Å². The number of hydrogen-bond donors (Lipinski definition) is 1. The maximum atomic E-state index is 8.54. The normalized spacial score (nSPS) is 15.8. The summed E-state index contributed by atoms with van der Waals surface area (Å²) in [6.07, 6.45) is 2.14. The van der Waals surface area contributed by atoms with E-state index < -0.39 is 0 Å². The first kappa shape index (κ1) is 17.3. The van der Waals surface area contributed by atoms with Crippen LogP contribution in [0.25, 0.3) is 0 Å². The fraction of sp³-hybridized carbons (Fsp3) is 1.00. The van der Waals surface area contributed by atoms with Crippen LogP contribution in [0.2, 0.25) is 0 Å². The molecule has 0 aromatic rings. The standard InChI is InChI=1S/C7H15NO2.C3H8.C2H6/c9-5-1-2-8-3-6-10-7-4-8;1-3-2;1-2/h9H,1-7H2;3H2,1-2H3;1-2H3. The van der Waals surface area contributed by atoms with E-state index in [1.807, 2.05) is 13.8 Å². The molecule has 15 heavy (non-hydrogen) atoms. The molecule has 94 valence electrons. The molecule has 3 heteroatoms. The largest absolute Gasteiger partial charge is 0.396 e. The van der Waals surface area contributed by atoms with Crippen LogP contribution in [0.1, 0.15) is 40.5 Å². The van der Waals surface area contributed by atoms with Crippen molar-refractivity contribution in [1.29, 1.82) is 0 Å². The van der Waals surface area contributed by atoms with Crippen molar-refractivity contribution < 1.29 is 9.84 Å². The average Bonchev–Trinajstić information content (AvgIpc) is 2.31. The molecule has 0 bridgehead atoms. The first-order valence-electron chi connectivity index (χ1n) is 6.26. The van der Waals surface area contributed by atoms with Gasteiger partial charge in [0.2, 0.25) is 0 Å². The third-order valence-electron chi connectivity index (χ3n) is 1.74. The number of morpholine rings is 1. The molecule has 0 saturated carbocycles. The van der Waals surface area contributed by atoms with Crippen LogP contribution in [0.5, 0.6) is 0 Å². The van der Waals surface area contributed by atoms with Gasteiger partial charge in [0.25, 0.3) is 0 Å². The summed E-state index contributed by atoms with van der Waals surface area (Å²) in [5, 5.41) is 8.54. The van der Waals surface area contributed by atoms with Crippen molar-refractivity contribution in [2.75, 3.05) is 39.5 Å². The molecule has 1 saturated heterocycles. The highest BCUT2D eigenvalue weighted by atomic mass is 16.5. The summed E-state index contributed by atoms with van der Waals surface area (Å²) in [6.45, 7) is 13.3. The molecule has 0 spiro atoms. The summed E-state index contributed by atoms with van der Waals surface area (Å²) >= 11 is 0. The fourth-order valence-electron chi connectivity index (χ4n) is 1.12. The molecule has 1 aliphatic rings. The highest BCUT2D eigenvalue weighted by molar-refractivity contribution is 4.60. The Morgan fingerprint density at radius 2 is 1.60 bits per heavy atom. The number of nitrogens with zero attached hydrogens (tertiary/aromatic N) is 1. The quantitative estimate of drug-likeness (QED) is 0.789. The second-order valence-corrected chi connectivity index (χ2v) is 3.24. The van der Waals surface area contributed by atoms with E-state index in [2.05, 4.69) is 18.7 Å². The van der Waals surface area contributed by atoms with Gasteiger partial charge in [-0.3, -0.25) is 4.90 Å². The summed E-state index contributed by atoms with van der Waals surface area (Å²) in [6, 6.07) is 0. The molecule has 1 N–H and O–H groups in total. The van der Waals surface area contributed by atoms with Gasteiger partial charge in [0.05, 0.1) is 13.2 Å². The lowest BCUT2D eigenvalue weighted by atomic mass is 10.3. The molecule has 0 amide bonds. The van der Waals surface area contributed by atoms with E-state index in [1.165, 1.54) is 6.42 Å². The Kier molecular flexibility index (Phi) is 18.8. The van der Waals surface area contributed by atoms with Gasteiger partial charge in [-0.2, -0.15) is 0 Å². The molecule has 3 nitrogen and oxygen atoms in total. The first-order valence-corrected chi connectivity index (χ1v) is 6.26. The second kappa shape index (κ2) is 16.3. The van der Waals surface area contributed by atoms with E-state index in [0.717, 1.165) is 39.3 Å². The van der Waals surface area contributed by atoms with E-state index in [4.69, 9.17) is 9.84 Å². The van der Waals surface area contributed by atoms with Crippen LogP contribution in [0.15, 0.2) is 0 Å². The third-order valence-corrected chi connectivity index (χ3v) is 1.74. The van der Waals surface area contributed by atoms with Crippen LogP contribution in [0, 0.1) is 0 Å². The Morgan fingerprint density at radius 1 is 1.13 bits per heavy atom. The van der Waals surface area contributed by atoms with Gasteiger partial charge in [0.1, 0.15) is 0 Å². The average molecular weight is 219 g/mol. The topological polar surface area (TPSA) is 32.7 Å². The van der Waals surface area contributed by atoms with E-state index in [-0.39, 0.29) is 0 Å². The smallest absolute Gasteiger partial charge is 0.0594 e. The van der Waals surface area contributed by atoms with E-state index in [1.54, 1.807) is 0 Å². The molecule has 0 unspecified atom stereocenters. The molecule has 1 fully saturated rings. The van der Waals surface area contributed by atoms with Crippen molar-refractivity contribution in [3.8, 4) is 0 Å². The predicted molar refractivity (Wildman–Crippen MR) is 66.3 cm³/mol. The third kappa shape index (κ3) is 13.9. The zero-order valence-electron chi connectivity index (χ0n) is 11.0. The molecular weight excluding hydrogens is 190 g/mol. The van der Waals surface area contributed by atoms with Crippen molar-refractivity contribution in [2.24, 2.45) is 0 Å². The van der Waals surface area contributed by atoms with E-state index in [9.17, 15) is 0 Å². The number of rotatable bonds is 3. The van der Waals surface area contributed by atoms with Gasteiger partial charge < -0.3 is 9.84 Å². The van der Waals surface area contributed by atoms with Gasteiger partial charge in [-0.1, -0.05) is 34.1 Å². The first-order chi connectivity index (χ1) is 7.35. The van der Waals surface area contributed by atoms with Gasteiger partial charge in [0.15, 0.2) is 0 Å². The van der Waals surface area contributed by atoms with Gasteiger partial charge in [-0.25, -0.2) is 0 Å². The molecule has 0 aromatic carbocycles. The minimum absolute atomic E-state index is 0.303. The van der Waals surface area contributed by atoms with Crippen LogP contribution in [0.4, 0.5) is 0 Å². The zero-order chi connectivity index (χ0) is 11.9. The second-order valence-electron chi connectivity index (χ2n) is 3.24. The van der Waals surface area contributed by atoms with Crippen molar-refractivity contribution in [3.05, 3.63) is 0 Å². The van der Waals surface area contributed by atoms with E-state index >= 15 is 0 Å². The molecule has 1 heterocycles. The van der Waals surface area contributed by atoms with Crippen molar-refractivity contribution >= 4 is 0 Å². The minimum atomic E-state index is 0.303. The Morgan fingerprint density at radius 3 is 2.00 bits per heavy atom. The van der Waals surface area contributed by atoms with Crippen molar-refractivity contribution in [1.82, 2.24) is 4.90 Å². The maximum absolute atomic E-state index is 8.54. The number of aliphatic hydroxyl groups is 1. The SMILES string of the molecule is CC.CCC.OCCCN1CCOCC1. The van der Waals surface area contributed by atoms with Crippen LogP contribution < -0.4 is 0 Å². The highest BCUT2D eigenvalue weighted by Crippen LogP contribution is 1.96. The molecular formula is C12H29NO2. The van der Waals surface area contributed by atoms with Crippen LogP contribution in [-0.4, -0.2) is 49.5 Å². The van der Waals surface area contributed by atoms with Gasteiger partial charge >= 0.3 is 0 Å². The van der Waals surface area contributed by atoms with Crippen LogP contribution >= 0.6 is 0 Å². The lowest BCUT2D eigenvalue weighted by Crippen LogP contribution is -2.37. The molecule has 1 aliphatic heterocycles. The predicted octanol–water partition coefficient (Wildman–Crippen LogP) is 2.14. The molecule has 0 aliphatic carbocycles. The van der Waals surface area contributed by atoms with E-state index in [0.29, 0.717) is 6.61 Å². The number of ether oxygens (including phenoxy) is 1. The summed E-state index contributed by atoms with van der Waals surface area (Å²) in [4.78, 5) is 2.32. The summed E-state index contributed by atoms with van der Waals surface area (Å²) in [5.74, 6) is 0. The van der Waals surface area contributed by atoms with Crippen molar-refractivity contribution in [2.45, 2.75) is 40.5 Å². The van der Waals surface area contributed by atoms with Crippen molar-refractivity contribution in [3.63, 3.8) is 0 Å². The number of aliphatic hydroxyl groups excluding tert-OH is 1. The zero-order valence-corrected chi connectivity index (χ0v) is 11.0. The maximum Gasteiger partial charge on any atom is 0.0594 e. The Labute approximate surface area is 95.4 Å². The van der Waals surface area contributed by atoms with Gasteiger partial charge in [0, 0.05) is 26.2 Å². The molecule has 1 rings (SSSR count). The number of hydrogen-bond acceptors (Lipinski definition) is 3. The minimum Gasteiger partial charge on any atom is -0.396 e. The Hall–Kier alpha value is -0.120. The van der Waals surface area contributed by atoms with Gasteiger partial charge in [-0.05, 0) is 6.42 Å². The summed E-state index contributed by atoms with van der Waals surface area (Å²) in [5.41, 5.74) is 0. The Bertz CT molecular complexity index is 93.6. The highest BCUT2D eigenvalue weighted by Gasteiger charge is 2.08. The lowest BCUT2D eigenvalue weighted by molar-refractivity contribution is 0.0353.